The zero-order valence-corrected chi connectivity index (χ0v) is 9.59. The number of rotatable bonds is 5. The highest BCUT2D eigenvalue weighted by Crippen LogP contribution is 2.11. The average Bonchev–Trinajstić information content (AvgIpc) is 2.29. The highest BCUT2D eigenvalue weighted by Gasteiger charge is 2.04. The van der Waals surface area contributed by atoms with E-state index in [1.165, 1.54) is 7.11 Å². The predicted molar refractivity (Wildman–Crippen MR) is 64.7 cm³/mol. The summed E-state index contributed by atoms with van der Waals surface area (Å²) in [5.41, 5.74) is 1.49. The molecule has 0 aliphatic heterocycles. The van der Waals surface area contributed by atoms with E-state index < -0.39 is 0 Å². The molecule has 0 saturated carbocycles. The zero-order valence-electron chi connectivity index (χ0n) is 8.69. The molecule has 0 aromatic heterocycles. The van der Waals surface area contributed by atoms with Gasteiger partial charge in [0.2, 0.25) is 0 Å². The quantitative estimate of drug-likeness (QED) is 0.458. The van der Waals surface area contributed by atoms with E-state index in [4.69, 9.17) is 0 Å². The standard InChI is InChI=1S/C11H15NO2S/c1-14-11(13)9-4-2-5-10(8-9)12-6-3-7-15/h2,4-5,8,12,15H,3,6-7H2,1H3. The lowest BCUT2D eigenvalue weighted by atomic mass is 10.2. The van der Waals surface area contributed by atoms with Crippen molar-refractivity contribution in [1.82, 2.24) is 0 Å². The second-order valence-corrected chi connectivity index (χ2v) is 3.52. The van der Waals surface area contributed by atoms with Crippen LogP contribution in [0.25, 0.3) is 0 Å². The molecule has 1 N–H and O–H groups in total. The van der Waals surface area contributed by atoms with Gasteiger partial charge in [-0.1, -0.05) is 6.07 Å². The Morgan fingerprint density at radius 1 is 1.53 bits per heavy atom. The molecule has 0 bridgehead atoms. The van der Waals surface area contributed by atoms with Gasteiger partial charge in [-0.05, 0) is 30.4 Å². The molecule has 0 heterocycles. The van der Waals surface area contributed by atoms with Crippen molar-refractivity contribution in [3.8, 4) is 0 Å². The van der Waals surface area contributed by atoms with E-state index in [9.17, 15) is 4.79 Å². The van der Waals surface area contributed by atoms with Crippen molar-refractivity contribution in [2.24, 2.45) is 0 Å². The van der Waals surface area contributed by atoms with E-state index in [0.717, 1.165) is 24.4 Å². The lowest BCUT2D eigenvalue weighted by Crippen LogP contribution is -2.05. The summed E-state index contributed by atoms with van der Waals surface area (Å²) in [6, 6.07) is 7.26. The van der Waals surface area contributed by atoms with Crippen molar-refractivity contribution in [2.45, 2.75) is 6.42 Å². The fourth-order valence-electron chi connectivity index (χ4n) is 1.19. The number of ether oxygens (including phenoxy) is 1. The molecule has 0 spiro atoms. The Balaban J connectivity index is 2.62. The fraction of sp³-hybridized carbons (Fsp3) is 0.364. The van der Waals surface area contributed by atoms with Crippen LogP contribution in [-0.4, -0.2) is 25.4 Å². The van der Waals surface area contributed by atoms with E-state index >= 15 is 0 Å². The summed E-state index contributed by atoms with van der Waals surface area (Å²) in [5.74, 6) is 0.539. The third kappa shape index (κ3) is 3.83. The summed E-state index contributed by atoms with van der Waals surface area (Å²) in [4.78, 5) is 11.2. The lowest BCUT2D eigenvalue weighted by Gasteiger charge is -2.06. The molecule has 15 heavy (non-hydrogen) atoms. The number of nitrogens with one attached hydrogen (secondary N) is 1. The number of thiol groups is 1. The highest BCUT2D eigenvalue weighted by atomic mass is 32.1. The Labute approximate surface area is 95.2 Å². The number of methoxy groups -OCH3 is 1. The minimum Gasteiger partial charge on any atom is -0.465 e. The maximum absolute atomic E-state index is 11.2. The highest BCUT2D eigenvalue weighted by molar-refractivity contribution is 7.80. The molecule has 0 aliphatic carbocycles. The van der Waals surface area contributed by atoms with Crippen LogP contribution in [-0.2, 0) is 4.74 Å². The van der Waals surface area contributed by atoms with Gasteiger partial charge in [0.1, 0.15) is 0 Å². The lowest BCUT2D eigenvalue weighted by molar-refractivity contribution is 0.0601. The minimum atomic E-state index is -0.312. The molecular formula is C11H15NO2S. The molecule has 0 radical (unpaired) electrons. The molecule has 1 aromatic carbocycles. The van der Waals surface area contributed by atoms with E-state index in [-0.39, 0.29) is 5.97 Å². The molecule has 4 heteroatoms. The van der Waals surface area contributed by atoms with Crippen LogP contribution in [0, 0.1) is 0 Å². The van der Waals surface area contributed by atoms with Crippen LogP contribution in [0.1, 0.15) is 16.8 Å². The van der Waals surface area contributed by atoms with Crippen LogP contribution < -0.4 is 5.32 Å². The summed E-state index contributed by atoms with van der Waals surface area (Å²) in [6.07, 6.45) is 0.992. The van der Waals surface area contributed by atoms with E-state index in [0.29, 0.717) is 5.56 Å². The molecule has 0 unspecified atom stereocenters. The largest absolute Gasteiger partial charge is 0.465 e. The van der Waals surface area contributed by atoms with Gasteiger partial charge in [-0.3, -0.25) is 0 Å². The van der Waals surface area contributed by atoms with E-state index in [1.54, 1.807) is 12.1 Å². The summed E-state index contributed by atoms with van der Waals surface area (Å²) in [6.45, 7) is 0.855. The Morgan fingerprint density at radius 2 is 2.33 bits per heavy atom. The van der Waals surface area contributed by atoms with Crippen LogP contribution in [0.5, 0.6) is 0 Å². The van der Waals surface area contributed by atoms with Crippen molar-refractivity contribution in [3.63, 3.8) is 0 Å². The Bertz CT molecular complexity index is 328. The van der Waals surface area contributed by atoms with Crippen molar-refractivity contribution < 1.29 is 9.53 Å². The summed E-state index contributed by atoms with van der Waals surface area (Å²) >= 11 is 4.12. The summed E-state index contributed by atoms with van der Waals surface area (Å²) < 4.78 is 4.64. The van der Waals surface area contributed by atoms with Gasteiger partial charge >= 0.3 is 5.97 Å². The SMILES string of the molecule is COC(=O)c1cccc(NCCCS)c1. The first kappa shape index (κ1) is 11.9. The second-order valence-electron chi connectivity index (χ2n) is 3.08. The number of anilines is 1. The molecule has 0 saturated heterocycles. The van der Waals surface area contributed by atoms with Gasteiger partial charge < -0.3 is 10.1 Å². The number of esters is 1. The van der Waals surface area contributed by atoms with Crippen molar-refractivity contribution in [3.05, 3.63) is 29.8 Å². The zero-order chi connectivity index (χ0) is 11.1. The first-order chi connectivity index (χ1) is 7.27. The van der Waals surface area contributed by atoms with E-state index in [1.807, 2.05) is 12.1 Å². The van der Waals surface area contributed by atoms with Crippen molar-refractivity contribution >= 4 is 24.3 Å². The molecule has 3 nitrogen and oxygen atoms in total. The molecule has 0 atom stereocenters. The van der Waals surface area contributed by atoms with Crippen LogP contribution >= 0.6 is 12.6 Å². The van der Waals surface area contributed by atoms with Gasteiger partial charge in [0.05, 0.1) is 12.7 Å². The maximum atomic E-state index is 11.2. The molecule has 1 rings (SSSR count). The van der Waals surface area contributed by atoms with Crippen molar-refractivity contribution in [1.29, 1.82) is 0 Å². The molecule has 0 fully saturated rings. The fourth-order valence-corrected chi connectivity index (χ4v) is 1.34. The van der Waals surface area contributed by atoms with Gasteiger partial charge in [-0.15, -0.1) is 0 Å². The van der Waals surface area contributed by atoms with Gasteiger partial charge in [0, 0.05) is 12.2 Å². The van der Waals surface area contributed by atoms with Crippen LogP contribution in [0.4, 0.5) is 5.69 Å². The van der Waals surface area contributed by atoms with Crippen LogP contribution in [0.3, 0.4) is 0 Å². The third-order valence-electron chi connectivity index (χ3n) is 1.95. The topological polar surface area (TPSA) is 38.3 Å². The minimum absolute atomic E-state index is 0.312. The number of hydrogen-bond acceptors (Lipinski definition) is 4. The smallest absolute Gasteiger partial charge is 0.337 e. The van der Waals surface area contributed by atoms with E-state index in [2.05, 4.69) is 22.7 Å². The summed E-state index contributed by atoms with van der Waals surface area (Å²) in [5, 5.41) is 3.21. The molecular weight excluding hydrogens is 210 g/mol. The van der Waals surface area contributed by atoms with Gasteiger partial charge in [0.25, 0.3) is 0 Å². The first-order valence-electron chi connectivity index (χ1n) is 4.81. The molecule has 0 amide bonds. The van der Waals surface area contributed by atoms with Crippen LogP contribution in [0.2, 0.25) is 0 Å². The second kappa shape index (κ2) is 6.35. The first-order valence-corrected chi connectivity index (χ1v) is 5.44. The molecule has 1 aromatic rings. The Kier molecular flexibility index (Phi) is 5.04. The monoisotopic (exact) mass is 225 g/mol. The average molecular weight is 225 g/mol. The van der Waals surface area contributed by atoms with Gasteiger partial charge in [-0.2, -0.15) is 12.6 Å². The molecule has 0 aliphatic rings. The van der Waals surface area contributed by atoms with Gasteiger partial charge in [-0.25, -0.2) is 4.79 Å². The Hall–Kier alpha value is -1.16. The van der Waals surface area contributed by atoms with Crippen molar-refractivity contribution in [2.75, 3.05) is 24.7 Å². The Morgan fingerprint density at radius 3 is 3.00 bits per heavy atom. The number of hydrogen-bond donors (Lipinski definition) is 2. The number of benzene rings is 1. The normalized spacial score (nSPS) is 9.73. The summed E-state index contributed by atoms with van der Waals surface area (Å²) in [7, 11) is 1.38. The number of carbonyl (C=O) groups excluding carboxylic acids is 1. The maximum Gasteiger partial charge on any atom is 0.337 e. The third-order valence-corrected chi connectivity index (χ3v) is 2.26. The number of carbonyl (C=O) groups is 1. The van der Waals surface area contributed by atoms with Crippen LogP contribution in [0.15, 0.2) is 24.3 Å². The molecule has 82 valence electrons. The van der Waals surface area contributed by atoms with Gasteiger partial charge in [0.15, 0.2) is 0 Å². The predicted octanol–water partition coefficient (Wildman–Crippen LogP) is 2.21.